The van der Waals surface area contributed by atoms with Gasteiger partial charge in [-0.05, 0) is 12.1 Å². The Hall–Kier alpha value is -3.25. The zero-order valence-corrected chi connectivity index (χ0v) is 18.6. The lowest BCUT2D eigenvalue weighted by Gasteiger charge is -2.26. The van der Waals surface area contributed by atoms with Gasteiger partial charge in [0, 0.05) is 44.7 Å². The zero-order chi connectivity index (χ0) is 23.5. The molecule has 0 unspecified atom stereocenters. The van der Waals surface area contributed by atoms with Crippen LogP contribution < -0.4 is 11.2 Å². The molecule has 33 heavy (non-hydrogen) atoms. The molecule has 0 aliphatic carbocycles. The summed E-state index contributed by atoms with van der Waals surface area (Å²) in [4.78, 5) is 36.1. The van der Waals surface area contributed by atoms with Crippen molar-refractivity contribution >= 4 is 22.5 Å². The Morgan fingerprint density at radius 1 is 1.03 bits per heavy atom. The summed E-state index contributed by atoms with van der Waals surface area (Å²) >= 11 is 1.38. The second-order valence-corrected chi connectivity index (χ2v) is 8.85. The Labute approximate surface area is 189 Å². The van der Waals surface area contributed by atoms with E-state index in [-0.39, 0.29) is 5.56 Å². The van der Waals surface area contributed by atoms with Crippen molar-refractivity contribution in [2.75, 3.05) is 6.54 Å². The molecule has 0 spiro atoms. The molecular weight excluding hydrogens is 457 g/mol. The molecule has 0 bridgehead atoms. The lowest BCUT2D eigenvalue weighted by molar-refractivity contribution is -0.137. The molecule has 3 aromatic heterocycles. The van der Waals surface area contributed by atoms with Crippen LogP contribution in [-0.4, -0.2) is 35.1 Å². The van der Waals surface area contributed by atoms with Crippen LogP contribution in [0.1, 0.15) is 17.1 Å². The quantitative estimate of drug-likeness (QED) is 0.454. The predicted octanol–water partition coefficient (Wildman–Crippen LogP) is 2.59. The number of benzene rings is 1. The molecule has 5 rings (SSSR count). The fourth-order valence-electron chi connectivity index (χ4n) is 4.05. The van der Waals surface area contributed by atoms with Gasteiger partial charge in [0.1, 0.15) is 10.8 Å². The van der Waals surface area contributed by atoms with E-state index >= 15 is 0 Å². The van der Waals surface area contributed by atoms with Gasteiger partial charge in [-0.3, -0.25) is 18.8 Å². The van der Waals surface area contributed by atoms with Crippen LogP contribution >= 0.6 is 11.3 Å². The number of rotatable bonds is 3. The number of imidazole rings is 1. The highest BCUT2D eigenvalue weighted by Gasteiger charge is 2.30. The molecule has 12 heteroatoms. The van der Waals surface area contributed by atoms with E-state index in [1.807, 2.05) is 9.95 Å². The van der Waals surface area contributed by atoms with Crippen molar-refractivity contribution in [2.24, 2.45) is 14.1 Å². The highest BCUT2D eigenvalue weighted by Crippen LogP contribution is 2.32. The van der Waals surface area contributed by atoms with Crippen LogP contribution in [-0.2, 0) is 39.9 Å². The molecule has 1 aliphatic rings. The fourth-order valence-corrected chi connectivity index (χ4v) is 4.87. The van der Waals surface area contributed by atoms with Gasteiger partial charge in [-0.15, -0.1) is 11.3 Å². The van der Waals surface area contributed by atoms with E-state index in [0.717, 1.165) is 22.4 Å². The molecule has 1 aromatic carbocycles. The van der Waals surface area contributed by atoms with Gasteiger partial charge in [0.15, 0.2) is 11.2 Å². The van der Waals surface area contributed by atoms with Gasteiger partial charge in [0.2, 0.25) is 0 Å². The average molecular weight is 476 g/mol. The topological polar surface area (TPSA) is 78.0 Å². The Balaban J connectivity index is 1.36. The predicted molar refractivity (Wildman–Crippen MR) is 117 cm³/mol. The number of alkyl halides is 3. The Morgan fingerprint density at radius 2 is 1.76 bits per heavy atom. The number of hydrogen-bond donors (Lipinski definition) is 0. The summed E-state index contributed by atoms with van der Waals surface area (Å²) < 4.78 is 42.7. The van der Waals surface area contributed by atoms with Crippen molar-refractivity contribution in [3.05, 3.63) is 67.6 Å². The van der Waals surface area contributed by atoms with Crippen molar-refractivity contribution < 1.29 is 13.2 Å². The fraction of sp³-hybridized carbons (Fsp3) is 0.333. The van der Waals surface area contributed by atoms with Crippen LogP contribution in [0.2, 0.25) is 0 Å². The summed E-state index contributed by atoms with van der Waals surface area (Å²) in [7, 11) is 3.05. The van der Waals surface area contributed by atoms with Gasteiger partial charge < -0.3 is 4.57 Å². The largest absolute Gasteiger partial charge is 0.416 e. The van der Waals surface area contributed by atoms with E-state index in [4.69, 9.17) is 0 Å². The minimum atomic E-state index is -4.37. The molecule has 4 aromatic rings. The van der Waals surface area contributed by atoms with E-state index in [0.29, 0.717) is 53.7 Å². The van der Waals surface area contributed by atoms with Gasteiger partial charge in [-0.25, -0.2) is 14.8 Å². The number of hydrogen-bond acceptors (Lipinski definition) is 6. The van der Waals surface area contributed by atoms with Crippen molar-refractivity contribution in [3.8, 4) is 10.6 Å². The Morgan fingerprint density at radius 3 is 2.45 bits per heavy atom. The second kappa shape index (κ2) is 7.66. The first kappa shape index (κ1) is 21.6. The third-order valence-electron chi connectivity index (χ3n) is 5.83. The maximum Gasteiger partial charge on any atom is 0.416 e. The van der Waals surface area contributed by atoms with E-state index in [2.05, 4.69) is 14.9 Å². The van der Waals surface area contributed by atoms with Gasteiger partial charge in [0.25, 0.3) is 5.56 Å². The van der Waals surface area contributed by atoms with E-state index in [1.165, 1.54) is 35.1 Å². The molecule has 0 amide bonds. The first-order chi connectivity index (χ1) is 15.6. The van der Waals surface area contributed by atoms with Crippen LogP contribution in [0.3, 0.4) is 0 Å². The number of nitrogens with zero attached hydrogens (tertiary/aromatic N) is 6. The summed E-state index contributed by atoms with van der Waals surface area (Å²) in [6.07, 6.45) is -4.37. The molecule has 8 nitrogen and oxygen atoms in total. The number of halogens is 3. The van der Waals surface area contributed by atoms with Gasteiger partial charge >= 0.3 is 11.9 Å². The van der Waals surface area contributed by atoms with E-state index in [9.17, 15) is 22.8 Å². The molecule has 172 valence electrons. The zero-order valence-electron chi connectivity index (χ0n) is 17.8. The molecular formula is C21H19F3N6O2S. The van der Waals surface area contributed by atoms with Crippen LogP contribution in [0.15, 0.2) is 39.2 Å². The van der Waals surface area contributed by atoms with Gasteiger partial charge in [0.05, 0.1) is 17.8 Å². The van der Waals surface area contributed by atoms with Crippen molar-refractivity contribution in [1.29, 1.82) is 0 Å². The van der Waals surface area contributed by atoms with Crippen molar-refractivity contribution in [1.82, 2.24) is 28.6 Å². The average Bonchev–Trinajstić information content (AvgIpc) is 3.40. The number of thiazole rings is 1. The summed E-state index contributed by atoms with van der Waals surface area (Å²) in [5.41, 5.74) is 0.774. The summed E-state index contributed by atoms with van der Waals surface area (Å²) in [5.74, 6) is 0.702. The first-order valence-electron chi connectivity index (χ1n) is 10.1. The number of aryl methyl sites for hydroxylation is 1. The van der Waals surface area contributed by atoms with Crippen molar-refractivity contribution in [3.63, 3.8) is 0 Å². The maximum absolute atomic E-state index is 12.8. The normalized spacial score (nSPS) is 14.7. The molecule has 0 saturated heterocycles. The Kier molecular flexibility index (Phi) is 5.01. The summed E-state index contributed by atoms with van der Waals surface area (Å²) in [6.45, 7) is 2.24. The molecule has 0 atom stereocenters. The summed E-state index contributed by atoms with van der Waals surface area (Å²) in [5, 5.41) is 2.55. The second-order valence-electron chi connectivity index (χ2n) is 7.99. The Bertz CT molecular complexity index is 1480. The van der Waals surface area contributed by atoms with E-state index in [1.54, 1.807) is 7.05 Å². The van der Waals surface area contributed by atoms with Crippen LogP contribution in [0, 0.1) is 0 Å². The first-order valence-corrected chi connectivity index (χ1v) is 11.0. The third kappa shape index (κ3) is 3.68. The molecule has 0 radical (unpaired) electrons. The third-order valence-corrected chi connectivity index (χ3v) is 6.77. The van der Waals surface area contributed by atoms with Gasteiger partial charge in [-0.1, -0.05) is 12.1 Å². The van der Waals surface area contributed by atoms with E-state index < -0.39 is 17.4 Å². The van der Waals surface area contributed by atoms with Crippen LogP contribution in [0.4, 0.5) is 13.2 Å². The maximum atomic E-state index is 12.8. The molecule has 0 N–H and O–H groups in total. The summed E-state index contributed by atoms with van der Waals surface area (Å²) in [6, 6.07) is 4.98. The van der Waals surface area contributed by atoms with Crippen LogP contribution in [0.5, 0.6) is 0 Å². The van der Waals surface area contributed by atoms with Crippen molar-refractivity contribution in [2.45, 2.75) is 25.8 Å². The molecule has 0 saturated carbocycles. The highest BCUT2D eigenvalue weighted by molar-refractivity contribution is 7.13. The lowest BCUT2D eigenvalue weighted by atomic mass is 10.1. The number of aromatic nitrogens is 5. The van der Waals surface area contributed by atoms with Crippen LogP contribution in [0.25, 0.3) is 21.7 Å². The van der Waals surface area contributed by atoms with Gasteiger partial charge in [-0.2, -0.15) is 13.2 Å². The monoisotopic (exact) mass is 476 g/mol. The number of fused-ring (bicyclic) bond motifs is 3. The molecule has 0 fully saturated rings. The minimum Gasteiger partial charge on any atom is -0.320 e. The lowest BCUT2D eigenvalue weighted by Crippen LogP contribution is -2.38. The standard InChI is InChI=1S/C21H19F3N6O2S/c1-27-17-16(19(31)28(2)20(27)32)30-8-7-29(10-15(30)26-17)9-14-11-33-18(25-14)12-3-5-13(6-4-12)21(22,23)24/h3-6,11H,7-10H2,1-2H3. The molecule has 1 aliphatic heterocycles. The SMILES string of the molecule is Cn1c(=O)c2c(nc3n2CCN(Cc2csc(-c4ccc(C(F)(F)F)cc4)n2)C3)n(C)c1=O. The molecule has 4 heterocycles. The minimum absolute atomic E-state index is 0.360. The smallest absolute Gasteiger partial charge is 0.320 e. The highest BCUT2D eigenvalue weighted by atomic mass is 32.1.